The number of methoxy groups -OCH3 is 1. The molecule has 1 aliphatic heterocycles. The molecule has 3 N–H and O–H groups in total. The van der Waals surface area contributed by atoms with Gasteiger partial charge in [0.25, 0.3) is 0 Å². The molecule has 1 spiro atoms. The number of hydrogen-bond acceptors (Lipinski definition) is 5. The van der Waals surface area contributed by atoms with E-state index in [2.05, 4.69) is 20.8 Å². The van der Waals surface area contributed by atoms with Crippen molar-refractivity contribution in [1.29, 1.82) is 0 Å². The Labute approximate surface area is 193 Å². The van der Waals surface area contributed by atoms with E-state index >= 15 is 0 Å². The van der Waals surface area contributed by atoms with Crippen molar-refractivity contribution < 1.29 is 18.5 Å². The van der Waals surface area contributed by atoms with Crippen molar-refractivity contribution in [2.75, 3.05) is 25.6 Å². The van der Waals surface area contributed by atoms with Gasteiger partial charge < -0.3 is 14.8 Å². The highest BCUT2D eigenvalue weighted by Crippen LogP contribution is 2.50. The Morgan fingerprint density at radius 3 is 3.03 bits per heavy atom. The molecule has 2 amide bonds. The van der Waals surface area contributed by atoms with Gasteiger partial charge in [0.1, 0.15) is 4.90 Å². The van der Waals surface area contributed by atoms with Gasteiger partial charge in [0, 0.05) is 24.1 Å². The fourth-order valence-electron chi connectivity index (χ4n) is 5.66. The number of anilines is 1. The van der Waals surface area contributed by atoms with Gasteiger partial charge in [0.2, 0.25) is 5.88 Å². The number of urea groups is 1. The van der Waals surface area contributed by atoms with Crippen molar-refractivity contribution >= 4 is 21.6 Å². The molecule has 2 atom stereocenters. The van der Waals surface area contributed by atoms with E-state index in [1.807, 2.05) is 0 Å². The molecule has 0 saturated heterocycles. The number of fused-ring (bicyclic) bond motifs is 3. The third kappa shape index (κ3) is 3.55. The summed E-state index contributed by atoms with van der Waals surface area (Å²) in [5, 5.41) is 13.4. The first-order valence-corrected chi connectivity index (χ1v) is 13.2. The molecule has 1 aromatic carbocycles. The number of ether oxygens (including phenoxy) is 2. The van der Waals surface area contributed by atoms with Crippen molar-refractivity contribution in [2.24, 2.45) is 14.9 Å². The Hall–Kier alpha value is -2.43. The predicted molar refractivity (Wildman–Crippen MR) is 123 cm³/mol. The van der Waals surface area contributed by atoms with E-state index < -0.39 is 15.9 Å². The highest BCUT2D eigenvalue weighted by atomic mass is 32.2. The van der Waals surface area contributed by atoms with Crippen LogP contribution in [-0.4, -0.2) is 40.3 Å². The van der Waals surface area contributed by atoms with Gasteiger partial charge in [-0.25, -0.2) is 18.8 Å². The number of amides is 2. The third-order valence-corrected chi connectivity index (χ3v) is 8.89. The minimum Gasteiger partial charge on any atom is -0.476 e. The lowest BCUT2D eigenvalue weighted by atomic mass is 9.94. The smallest absolute Gasteiger partial charge is 0.354 e. The molecule has 2 unspecified atom stereocenters. The van der Waals surface area contributed by atoms with Crippen LogP contribution < -0.4 is 15.2 Å². The van der Waals surface area contributed by atoms with E-state index in [4.69, 9.17) is 14.6 Å². The quantitative estimate of drug-likeness (QED) is 0.710. The maximum absolute atomic E-state index is 13.3. The number of hydrogen-bond donors (Lipinski definition) is 2. The Kier molecular flexibility index (Phi) is 4.83. The number of benzene rings is 1. The van der Waals surface area contributed by atoms with E-state index in [0.29, 0.717) is 25.6 Å². The first-order chi connectivity index (χ1) is 15.9. The van der Waals surface area contributed by atoms with Crippen LogP contribution in [0.5, 0.6) is 5.88 Å². The predicted octanol–water partition coefficient (Wildman–Crippen LogP) is 3.15. The van der Waals surface area contributed by atoms with Gasteiger partial charge >= 0.3 is 6.03 Å². The molecule has 0 bridgehead atoms. The Bertz CT molecular complexity index is 1270. The molecule has 0 radical (unpaired) electrons. The van der Waals surface area contributed by atoms with Crippen LogP contribution in [0, 0.1) is 5.41 Å². The minimum absolute atomic E-state index is 0.146. The molecule has 1 aromatic heterocycles. The third-order valence-electron chi connectivity index (χ3n) is 7.55. The van der Waals surface area contributed by atoms with Crippen LogP contribution in [0.3, 0.4) is 0 Å². The summed E-state index contributed by atoms with van der Waals surface area (Å²) in [4.78, 5) is 13.2. The number of nitrogens with one attached hydrogen (secondary N) is 1. The van der Waals surface area contributed by atoms with Crippen LogP contribution in [0.25, 0.3) is 0 Å². The second kappa shape index (κ2) is 7.54. The summed E-state index contributed by atoms with van der Waals surface area (Å²) in [6.45, 7) is 1.87. The van der Waals surface area contributed by atoms with Gasteiger partial charge in [-0.05, 0) is 67.2 Å². The van der Waals surface area contributed by atoms with E-state index in [1.54, 1.807) is 11.8 Å². The second-order valence-corrected chi connectivity index (χ2v) is 11.6. The molecule has 176 valence electrons. The van der Waals surface area contributed by atoms with Crippen molar-refractivity contribution in [3.8, 4) is 5.88 Å². The van der Waals surface area contributed by atoms with Crippen molar-refractivity contribution in [3.63, 3.8) is 0 Å². The van der Waals surface area contributed by atoms with E-state index in [1.165, 1.54) is 17.3 Å². The summed E-state index contributed by atoms with van der Waals surface area (Å²) in [6, 6.07) is 1.58. The van der Waals surface area contributed by atoms with E-state index in [-0.39, 0.29) is 16.2 Å². The number of aromatic nitrogens is 2. The molecule has 9 nitrogen and oxygen atoms in total. The van der Waals surface area contributed by atoms with Gasteiger partial charge in [-0.3, -0.25) is 0 Å². The molecule has 2 heterocycles. The van der Waals surface area contributed by atoms with Crippen LogP contribution in [0.1, 0.15) is 53.9 Å². The highest BCUT2D eigenvalue weighted by molar-refractivity contribution is 7.91. The largest absolute Gasteiger partial charge is 0.476 e. The average molecular weight is 472 g/mol. The lowest BCUT2D eigenvalue weighted by Gasteiger charge is -2.24. The lowest BCUT2D eigenvalue weighted by Crippen LogP contribution is -2.28. The second-order valence-electron chi connectivity index (χ2n) is 9.86. The normalized spacial score (nSPS) is 23.3. The Balaban J connectivity index is 1.33. The minimum atomic E-state index is -3.52. The zero-order valence-electron chi connectivity index (χ0n) is 18.8. The zero-order valence-corrected chi connectivity index (χ0v) is 19.6. The summed E-state index contributed by atoms with van der Waals surface area (Å²) in [5.74, 6) is 0.581. The molecule has 1 saturated carbocycles. The lowest BCUT2D eigenvalue weighted by molar-refractivity contribution is 0.144. The number of rotatable bonds is 4. The zero-order chi connectivity index (χ0) is 22.8. The fraction of sp³-hybridized carbons (Fsp3) is 0.565. The number of carbonyl (C=O) groups is 1. The molecule has 1 fully saturated rings. The molecule has 3 aliphatic carbocycles. The van der Waals surface area contributed by atoms with Gasteiger partial charge in [0.05, 0.1) is 26.0 Å². The topological polar surface area (TPSA) is 121 Å². The maximum atomic E-state index is 13.3. The van der Waals surface area contributed by atoms with E-state index in [9.17, 15) is 9.00 Å². The Morgan fingerprint density at radius 2 is 2.24 bits per heavy atom. The summed E-state index contributed by atoms with van der Waals surface area (Å²) < 4.78 is 30.2. The van der Waals surface area contributed by atoms with Crippen molar-refractivity contribution in [2.45, 2.75) is 62.3 Å². The van der Waals surface area contributed by atoms with Crippen molar-refractivity contribution in [3.05, 3.63) is 34.5 Å². The molecule has 10 heteroatoms. The summed E-state index contributed by atoms with van der Waals surface area (Å²) in [5.41, 5.74) is 5.79. The monoisotopic (exact) mass is 471 g/mol. The average Bonchev–Trinajstić information content (AvgIpc) is 3.15. The standard InChI is InChI=1S/C23H29N5O4S/c1-31-11-16-6-5-15-9-14-3-2-4-17(14)20(19(15)16)26-22(29)27-33(24,30)18-10-25-28-12-23(7-8-23)13-32-21(18)28/h9-10,16H,2-8,11-13H2,1H3,(H3,24,26,27,29,30). The van der Waals surface area contributed by atoms with Gasteiger partial charge in [0.15, 0.2) is 9.92 Å². The van der Waals surface area contributed by atoms with Gasteiger partial charge in [-0.2, -0.15) is 5.10 Å². The molecule has 2 aromatic rings. The Morgan fingerprint density at radius 1 is 1.39 bits per heavy atom. The maximum Gasteiger partial charge on any atom is 0.354 e. The summed E-state index contributed by atoms with van der Waals surface area (Å²) in [7, 11) is -1.82. The first kappa shape index (κ1) is 21.1. The van der Waals surface area contributed by atoms with Crippen LogP contribution in [0.4, 0.5) is 10.5 Å². The van der Waals surface area contributed by atoms with Crippen LogP contribution in [-0.2, 0) is 40.5 Å². The number of nitrogens with zero attached hydrogens (tertiary/aromatic N) is 3. The molecule has 4 aliphatic rings. The molecule has 6 rings (SSSR count). The molecular formula is C23H29N5O4S. The van der Waals surface area contributed by atoms with Crippen LogP contribution >= 0.6 is 0 Å². The van der Waals surface area contributed by atoms with E-state index in [0.717, 1.165) is 61.8 Å². The van der Waals surface area contributed by atoms with Crippen LogP contribution in [0.15, 0.2) is 21.5 Å². The fourth-order valence-corrected chi connectivity index (χ4v) is 6.67. The summed E-state index contributed by atoms with van der Waals surface area (Å²) >= 11 is 0. The highest BCUT2D eigenvalue weighted by Gasteiger charge is 2.48. The molecule has 33 heavy (non-hydrogen) atoms. The van der Waals surface area contributed by atoms with Gasteiger partial charge in [-0.15, -0.1) is 4.36 Å². The number of nitrogens with two attached hydrogens (primary N) is 1. The summed E-state index contributed by atoms with van der Waals surface area (Å²) in [6.07, 6.45) is 8.54. The van der Waals surface area contributed by atoms with Gasteiger partial charge in [-0.1, -0.05) is 6.07 Å². The van der Waals surface area contributed by atoms with Crippen LogP contribution in [0.2, 0.25) is 0 Å². The number of carbonyl (C=O) groups excluding carboxylic acids is 1. The molecular weight excluding hydrogens is 442 g/mol. The SMILES string of the molecule is COCC1CCc2cc3c(c(NC(=O)N=S(N)(=O)c4cnn5c4OCC4(CC4)C5)c21)CCC3. The van der Waals surface area contributed by atoms with Crippen molar-refractivity contribution in [1.82, 2.24) is 9.78 Å². The number of aryl methyl sites for hydroxylation is 2. The first-order valence-electron chi connectivity index (χ1n) is 11.6.